The Morgan fingerprint density at radius 3 is 2.73 bits per heavy atom. The van der Waals surface area contributed by atoms with Gasteiger partial charge in [-0.25, -0.2) is 4.79 Å². The molecular weight excluding hydrogens is 313 g/mol. The number of aliphatic hydroxyl groups excluding tert-OH is 1. The normalized spacial score (nSPS) is 23.8. The molecule has 0 spiro atoms. The van der Waals surface area contributed by atoms with Crippen LogP contribution < -0.4 is 16.8 Å². The molecule has 1 aromatic rings. The van der Waals surface area contributed by atoms with Gasteiger partial charge in [-0.15, -0.1) is 12.3 Å². The van der Waals surface area contributed by atoms with Gasteiger partial charge in [0.2, 0.25) is 8.53 Å². The number of rotatable bonds is 2. The first-order chi connectivity index (χ1) is 10.3. The number of ether oxygens (including phenoxy) is 1. The Morgan fingerprint density at radius 2 is 2.18 bits per heavy atom. The number of hydrogen-bond donors (Lipinski definition) is 5. The Hall–Kier alpha value is -1.53. The van der Waals surface area contributed by atoms with Crippen LogP contribution in [0.2, 0.25) is 0 Å². The van der Waals surface area contributed by atoms with Crippen molar-refractivity contribution in [2.24, 2.45) is 5.50 Å². The fraction of sp³-hybridized carbons (Fsp3) is 0.500. The molecule has 1 aromatic heterocycles. The van der Waals surface area contributed by atoms with Crippen LogP contribution in [0.1, 0.15) is 24.6 Å². The molecule has 0 radical (unpaired) electrons. The maximum absolute atomic E-state index is 11.7. The molecule has 2 heterocycles. The molecule has 0 bridgehead atoms. The van der Waals surface area contributed by atoms with E-state index in [1.54, 1.807) is 6.92 Å². The molecule has 6 N–H and O–H groups in total. The van der Waals surface area contributed by atoms with Crippen LogP contribution >= 0.6 is 8.53 Å². The summed E-state index contributed by atoms with van der Waals surface area (Å²) in [5.41, 5.74) is 3.72. The molecule has 3 atom stereocenters. The van der Waals surface area contributed by atoms with Gasteiger partial charge in [-0.05, 0) is 6.92 Å². The molecule has 1 aliphatic rings. The highest BCUT2D eigenvalue weighted by Crippen LogP contribution is 2.28. The molecule has 10 heteroatoms. The van der Waals surface area contributed by atoms with E-state index in [0.29, 0.717) is 5.56 Å². The number of hydrogen-bond acceptors (Lipinski definition) is 7. The van der Waals surface area contributed by atoms with Crippen molar-refractivity contribution in [1.29, 1.82) is 0 Å². The summed E-state index contributed by atoms with van der Waals surface area (Å²) in [5.74, 6) is 2.42. The van der Waals surface area contributed by atoms with Gasteiger partial charge in [0.15, 0.2) is 0 Å². The number of aromatic amines is 1. The summed E-state index contributed by atoms with van der Waals surface area (Å²) in [7, 11) is -2.12. The highest BCUT2D eigenvalue weighted by molar-refractivity contribution is 7.42. The van der Waals surface area contributed by atoms with Gasteiger partial charge < -0.3 is 19.6 Å². The van der Waals surface area contributed by atoms with Crippen molar-refractivity contribution in [3.05, 3.63) is 32.6 Å². The van der Waals surface area contributed by atoms with Gasteiger partial charge in [-0.2, -0.15) is 0 Å². The number of aromatic nitrogens is 2. The summed E-state index contributed by atoms with van der Waals surface area (Å²) in [6, 6.07) is 0. The highest BCUT2D eigenvalue weighted by Gasteiger charge is 2.34. The smallest absolute Gasteiger partial charge is 0.330 e. The minimum absolute atomic E-state index is 0.276. The lowest BCUT2D eigenvalue weighted by Gasteiger charge is -2.14. The number of terminal acetylenes is 1. The number of H-pyrrole nitrogens is 1. The molecule has 2 rings (SSSR count). The maximum atomic E-state index is 11.7. The molecule has 0 aliphatic carbocycles. The van der Waals surface area contributed by atoms with Crippen molar-refractivity contribution in [2.75, 3.05) is 0 Å². The minimum atomic E-state index is -2.12. The van der Waals surface area contributed by atoms with E-state index < -0.39 is 38.2 Å². The van der Waals surface area contributed by atoms with Crippen LogP contribution in [0.5, 0.6) is 0 Å². The Balaban J connectivity index is 0.000000541. The average molecular weight is 331 g/mol. The van der Waals surface area contributed by atoms with E-state index in [2.05, 4.69) is 16.4 Å². The van der Waals surface area contributed by atoms with E-state index in [4.69, 9.17) is 20.9 Å². The van der Waals surface area contributed by atoms with E-state index in [-0.39, 0.29) is 12.8 Å². The number of nitrogens with one attached hydrogen (secondary N) is 1. The van der Waals surface area contributed by atoms with Gasteiger partial charge in [0, 0.05) is 24.6 Å². The quantitative estimate of drug-likeness (QED) is 0.333. The monoisotopic (exact) mass is 331 g/mol. The average Bonchev–Trinajstić information content (AvgIpc) is 2.75. The molecule has 0 unspecified atom stereocenters. The third-order valence-electron chi connectivity index (χ3n) is 2.98. The van der Waals surface area contributed by atoms with E-state index in [1.165, 1.54) is 10.8 Å². The van der Waals surface area contributed by atoms with E-state index >= 15 is 0 Å². The summed E-state index contributed by atoms with van der Waals surface area (Å²) in [6.45, 7) is 1.60. The predicted octanol–water partition coefficient (Wildman–Crippen LogP) is -1.33. The van der Waals surface area contributed by atoms with Crippen LogP contribution in [0, 0.1) is 19.3 Å². The topological polar surface area (TPSA) is 151 Å². The number of nitrogens with zero attached hydrogens (tertiary/aromatic N) is 1. The van der Waals surface area contributed by atoms with Gasteiger partial charge in [-0.3, -0.25) is 19.8 Å². The number of aryl methyl sites for hydroxylation is 1. The molecule has 122 valence electrons. The first kappa shape index (κ1) is 18.5. The zero-order valence-corrected chi connectivity index (χ0v) is 12.7. The molecule has 1 aliphatic heterocycles. The summed E-state index contributed by atoms with van der Waals surface area (Å²) in [4.78, 5) is 40.0. The van der Waals surface area contributed by atoms with E-state index in [0.717, 1.165) is 0 Å². The SMILES string of the molecule is C#CC[C@H]1O[C@@H](n2cc(C)c(=O)[nH]c2=O)C[C@@H]1O.NP(O)O. The lowest BCUT2D eigenvalue weighted by atomic mass is 10.1. The van der Waals surface area contributed by atoms with Gasteiger partial charge in [0.1, 0.15) is 6.23 Å². The highest BCUT2D eigenvalue weighted by atomic mass is 31.2. The predicted molar refractivity (Wildman–Crippen MR) is 79.6 cm³/mol. The third-order valence-corrected chi connectivity index (χ3v) is 2.98. The summed E-state index contributed by atoms with van der Waals surface area (Å²) in [6.07, 6.45) is 5.39. The van der Waals surface area contributed by atoms with Crippen LogP contribution in [0.15, 0.2) is 15.8 Å². The van der Waals surface area contributed by atoms with Crippen molar-refractivity contribution in [3.8, 4) is 12.3 Å². The van der Waals surface area contributed by atoms with Crippen LogP contribution in [0.4, 0.5) is 0 Å². The van der Waals surface area contributed by atoms with E-state index in [9.17, 15) is 14.7 Å². The second kappa shape index (κ2) is 8.19. The first-order valence-corrected chi connectivity index (χ1v) is 7.59. The van der Waals surface area contributed by atoms with Crippen molar-refractivity contribution in [2.45, 2.75) is 38.2 Å². The first-order valence-electron chi connectivity index (χ1n) is 6.28. The van der Waals surface area contributed by atoms with Crippen molar-refractivity contribution in [3.63, 3.8) is 0 Å². The molecule has 9 nitrogen and oxygen atoms in total. The zero-order valence-electron chi connectivity index (χ0n) is 11.8. The summed E-state index contributed by atoms with van der Waals surface area (Å²) < 4.78 is 6.80. The Kier molecular flexibility index (Phi) is 6.90. The molecular formula is C12H18N3O6P. The lowest BCUT2D eigenvalue weighted by molar-refractivity contribution is -0.0173. The largest absolute Gasteiger partial charge is 0.390 e. The molecule has 1 fully saturated rings. The van der Waals surface area contributed by atoms with Gasteiger partial charge in [0.05, 0.1) is 12.2 Å². The van der Waals surface area contributed by atoms with Crippen molar-refractivity contribution < 1.29 is 19.6 Å². The second-order valence-electron chi connectivity index (χ2n) is 4.64. The molecule has 22 heavy (non-hydrogen) atoms. The molecule has 0 aromatic carbocycles. The van der Waals surface area contributed by atoms with Crippen LogP contribution in [0.3, 0.4) is 0 Å². The summed E-state index contributed by atoms with van der Waals surface area (Å²) >= 11 is 0. The minimum Gasteiger partial charge on any atom is -0.390 e. The zero-order chi connectivity index (χ0) is 16.9. The number of nitrogens with two attached hydrogens (primary N) is 1. The van der Waals surface area contributed by atoms with Crippen molar-refractivity contribution >= 4 is 8.53 Å². The van der Waals surface area contributed by atoms with Gasteiger partial charge in [-0.1, -0.05) is 0 Å². The standard InChI is InChI=1S/C12H14N2O4.H4NO2P/c1-3-4-9-8(15)5-10(18-9)14-6-7(2)11(16)13-12(14)17;1-4(2)3/h1,6,8-10,15H,4-5H2,2H3,(H,13,16,17);2-3H,1H2/t8-,9+,10+;/m0./s1. The van der Waals surface area contributed by atoms with Crippen LogP contribution in [-0.2, 0) is 4.74 Å². The number of aliphatic hydroxyl groups is 1. The Bertz CT molecular complexity index is 647. The Morgan fingerprint density at radius 1 is 1.59 bits per heavy atom. The van der Waals surface area contributed by atoms with Crippen LogP contribution in [0.25, 0.3) is 0 Å². The molecule has 1 saturated heterocycles. The van der Waals surface area contributed by atoms with E-state index in [1.807, 2.05) is 0 Å². The lowest BCUT2D eigenvalue weighted by Crippen LogP contribution is -2.33. The van der Waals surface area contributed by atoms with Gasteiger partial charge >= 0.3 is 5.69 Å². The van der Waals surface area contributed by atoms with Gasteiger partial charge in [0.25, 0.3) is 5.56 Å². The molecule has 0 saturated carbocycles. The maximum Gasteiger partial charge on any atom is 0.330 e. The molecule has 0 amide bonds. The fourth-order valence-corrected chi connectivity index (χ4v) is 1.99. The Labute approximate surface area is 127 Å². The van der Waals surface area contributed by atoms with Crippen LogP contribution in [-0.4, -0.2) is 36.7 Å². The second-order valence-corrected chi connectivity index (χ2v) is 5.28. The fourth-order valence-electron chi connectivity index (χ4n) is 1.99. The van der Waals surface area contributed by atoms with Crippen molar-refractivity contribution in [1.82, 2.24) is 9.55 Å². The third kappa shape index (κ3) is 5.03. The summed E-state index contributed by atoms with van der Waals surface area (Å²) in [5, 5.41) is 9.76.